The summed E-state index contributed by atoms with van der Waals surface area (Å²) >= 11 is 0. The summed E-state index contributed by atoms with van der Waals surface area (Å²) in [4.78, 5) is 0. The van der Waals surface area contributed by atoms with E-state index in [9.17, 15) is 13.2 Å². The van der Waals surface area contributed by atoms with Gasteiger partial charge in [0, 0.05) is 6.61 Å². The third-order valence-electron chi connectivity index (χ3n) is 5.21. The van der Waals surface area contributed by atoms with Gasteiger partial charge >= 0.3 is 6.18 Å². The number of hydrogen-bond acceptors (Lipinski definition) is 2. The van der Waals surface area contributed by atoms with Crippen LogP contribution >= 0.6 is 0 Å². The third kappa shape index (κ3) is 4.59. The average molecular weight is 310 g/mol. The highest BCUT2D eigenvalue weighted by atomic mass is 19.4. The van der Waals surface area contributed by atoms with E-state index in [1.54, 1.807) is 6.92 Å². The molecule has 0 aromatic heterocycles. The van der Waals surface area contributed by atoms with Gasteiger partial charge in [-0.25, -0.2) is 0 Å². The van der Waals surface area contributed by atoms with Gasteiger partial charge < -0.3 is 9.47 Å². The first kappa shape index (κ1) is 18.8. The van der Waals surface area contributed by atoms with E-state index in [2.05, 4.69) is 13.8 Å². The van der Waals surface area contributed by atoms with Crippen molar-refractivity contribution >= 4 is 0 Å². The van der Waals surface area contributed by atoms with Crippen LogP contribution in [0.5, 0.6) is 0 Å². The molecule has 21 heavy (non-hydrogen) atoms. The van der Waals surface area contributed by atoms with Crippen LogP contribution in [0.15, 0.2) is 0 Å². The Morgan fingerprint density at radius 3 is 2.10 bits per heavy atom. The molecule has 1 aliphatic carbocycles. The minimum absolute atomic E-state index is 0.294. The SMILES string of the molecule is CCOCOC(C)(C1CCC(C(C)CC)CC1)C(F)(F)F. The summed E-state index contributed by atoms with van der Waals surface area (Å²) in [6.07, 6.45) is -0.383. The predicted octanol–water partition coefficient (Wildman–Crippen LogP) is 5.17. The minimum Gasteiger partial charge on any atom is -0.356 e. The van der Waals surface area contributed by atoms with E-state index < -0.39 is 17.7 Å². The van der Waals surface area contributed by atoms with E-state index in [0.29, 0.717) is 31.3 Å². The summed E-state index contributed by atoms with van der Waals surface area (Å²) in [6.45, 7) is 7.32. The molecule has 0 amide bonds. The van der Waals surface area contributed by atoms with E-state index >= 15 is 0 Å². The molecule has 0 aromatic rings. The molecular formula is C16H29F3O2. The van der Waals surface area contributed by atoms with E-state index in [1.807, 2.05) is 0 Å². The Kier molecular flexibility index (Phi) is 6.98. The van der Waals surface area contributed by atoms with Crippen molar-refractivity contribution in [3.63, 3.8) is 0 Å². The van der Waals surface area contributed by atoms with Crippen LogP contribution in [0.2, 0.25) is 0 Å². The second-order valence-corrected chi connectivity index (χ2v) is 6.36. The Bertz CT molecular complexity index is 298. The number of rotatable bonds is 7. The lowest BCUT2D eigenvalue weighted by Gasteiger charge is -2.43. The van der Waals surface area contributed by atoms with Gasteiger partial charge in [0.1, 0.15) is 6.79 Å². The quantitative estimate of drug-likeness (QED) is 0.477. The Morgan fingerprint density at radius 1 is 1.10 bits per heavy atom. The van der Waals surface area contributed by atoms with Crippen LogP contribution in [0.25, 0.3) is 0 Å². The fourth-order valence-electron chi connectivity index (χ4n) is 3.25. The lowest BCUT2D eigenvalue weighted by Crippen LogP contribution is -2.52. The molecule has 0 N–H and O–H groups in total. The van der Waals surface area contributed by atoms with Crippen molar-refractivity contribution in [1.29, 1.82) is 0 Å². The molecule has 1 rings (SSSR count). The van der Waals surface area contributed by atoms with Crippen molar-refractivity contribution in [2.24, 2.45) is 17.8 Å². The first-order valence-corrected chi connectivity index (χ1v) is 8.04. The summed E-state index contributed by atoms with van der Waals surface area (Å²) < 4.78 is 50.5. The Balaban J connectivity index is 2.69. The zero-order chi connectivity index (χ0) is 16.1. The Morgan fingerprint density at radius 2 is 1.67 bits per heavy atom. The van der Waals surface area contributed by atoms with Crippen LogP contribution in [0.3, 0.4) is 0 Å². The maximum absolute atomic E-state index is 13.5. The fourth-order valence-corrected chi connectivity index (χ4v) is 3.25. The van der Waals surface area contributed by atoms with Gasteiger partial charge in [-0.3, -0.25) is 0 Å². The maximum atomic E-state index is 13.5. The van der Waals surface area contributed by atoms with Crippen molar-refractivity contribution in [2.45, 2.75) is 71.6 Å². The molecule has 1 aliphatic rings. The predicted molar refractivity (Wildman–Crippen MR) is 76.9 cm³/mol. The van der Waals surface area contributed by atoms with Gasteiger partial charge in [0.05, 0.1) is 0 Å². The van der Waals surface area contributed by atoms with Gasteiger partial charge in [0.15, 0.2) is 5.60 Å². The van der Waals surface area contributed by atoms with Crippen molar-refractivity contribution < 1.29 is 22.6 Å². The van der Waals surface area contributed by atoms with Gasteiger partial charge in [-0.15, -0.1) is 0 Å². The molecule has 2 unspecified atom stereocenters. The van der Waals surface area contributed by atoms with Gasteiger partial charge in [0.25, 0.3) is 0 Å². The lowest BCUT2D eigenvalue weighted by molar-refractivity contribution is -0.312. The molecule has 126 valence electrons. The third-order valence-corrected chi connectivity index (χ3v) is 5.21. The molecule has 0 radical (unpaired) electrons. The average Bonchev–Trinajstić information content (AvgIpc) is 2.45. The molecule has 0 aliphatic heterocycles. The summed E-state index contributed by atoms with van der Waals surface area (Å²) in [5, 5.41) is 0. The number of ether oxygens (including phenoxy) is 2. The van der Waals surface area contributed by atoms with Crippen molar-refractivity contribution in [2.75, 3.05) is 13.4 Å². The first-order valence-electron chi connectivity index (χ1n) is 8.04. The Labute approximate surface area is 126 Å². The fraction of sp³-hybridized carbons (Fsp3) is 1.00. The molecule has 0 aromatic carbocycles. The normalized spacial score (nSPS) is 28.1. The monoisotopic (exact) mass is 310 g/mol. The van der Waals surface area contributed by atoms with Crippen LogP contribution < -0.4 is 0 Å². The largest absolute Gasteiger partial charge is 0.417 e. The standard InChI is InChI=1S/C16H29F3O2/c1-5-12(3)13-7-9-14(10-8-13)15(4,16(17,18)19)21-11-20-6-2/h12-14H,5-11H2,1-4H3. The summed E-state index contributed by atoms with van der Waals surface area (Å²) in [5.74, 6) is 0.668. The second-order valence-electron chi connectivity index (χ2n) is 6.36. The molecule has 0 spiro atoms. The highest BCUT2D eigenvalue weighted by Gasteiger charge is 2.57. The Hall–Kier alpha value is -0.290. The van der Waals surface area contributed by atoms with Crippen molar-refractivity contribution in [3.05, 3.63) is 0 Å². The molecule has 1 saturated carbocycles. The van der Waals surface area contributed by atoms with Gasteiger partial charge in [-0.1, -0.05) is 20.3 Å². The molecule has 2 nitrogen and oxygen atoms in total. The zero-order valence-electron chi connectivity index (χ0n) is 13.6. The van der Waals surface area contributed by atoms with Crippen LogP contribution in [0.1, 0.15) is 59.8 Å². The highest BCUT2D eigenvalue weighted by molar-refractivity contribution is 4.93. The number of alkyl halides is 3. The van der Waals surface area contributed by atoms with E-state index in [4.69, 9.17) is 9.47 Å². The number of hydrogen-bond donors (Lipinski definition) is 0. The van der Waals surface area contributed by atoms with Crippen LogP contribution in [0.4, 0.5) is 13.2 Å². The van der Waals surface area contributed by atoms with Gasteiger partial charge in [0.2, 0.25) is 0 Å². The molecule has 2 atom stereocenters. The van der Waals surface area contributed by atoms with Gasteiger partial charge in [-0.2, -0.15) is 13.2 Å². The molecule has 0 saturated heterocycles. The number of halogens is 3. The minimum atomic E-state index is -4.36. The van der Waals surface area contributed by atoms with Crippen LogP contribution in [0, 0.1) is 17.8 Å². The molecule has 0 heterocycles. The first-order chi connectivity index (χ1) is 9.76. The van der Waals surface area contributed by atoms with Gasteiger partial charge in [-0.05, 0) is 57.3 Å². The van der Waals surface area contributed by atoms with Crippen LogP contribution in [-0.4, -0.2) is 25.2 Å². The van der Waals surface area contributed by atoms with Crippen molar-refractivity contribution in [1.82, 2.24) is 0 Å². The molecule has 5 heteroatoms. The zero-order valence-corrected chi connectivity index (χ0v) is 13.6. The smallest absolute Gasteiger partial charge is 0.356 e. The summed E-state index contributed by atoms with van der Waals surface area (Å²) in [5.41, 5.74) is -2.09. The summed E-state index contributed by atoms with van der Waals surface area (Å²) in [7, 11) is 0. The molecular weight excluding hydrogens is 281 g/mol. The second kappa shape index (κ2) is 7.82. The van der Waals surface area contributed by atoms with Crippen LogP contribution in [-0.2, 0) is 9.47 Å². The lowest BCUT2D eigenvalue weighted by atomic mass is 9.70. The summed E-state index contributed by atoms with van der Waals surface area (Å²) in [6, 6.07) is 0. The molecule has 1 fully saturated rings. The topological polar surface area (TPSA) is 18.5 Å². The highest BCUT2D eigenvalue weighted by Crippen LogP contribution is 2.47. The van der Waals surface area contributed by atoms with Crippen molar-refractivity contribution in [3.8, 4) is 0 Å². The van der Waals surface area contributed by atoms with E-state index in [-0.39, 0.29) is 6.79 Å². The van der Waals surface area contributed by atoms with E-state index in [1.165, 1.54) is 6.92 Å². The van der Waals surface area contributed by atoms with E-state index in [0.717, 1.165) is 19.3 Å². The molecule has 0 bridgehead atoms. The maximum Gasteiger partial charge on any atom is 0.417 e.